The number of rotatable bonds is 3. The number of hydrogen-bond donors (Lipinski definition) is 2. The van der Waals surface area contributed by atoms with E-state index in [-0.39, 0.29) is 5.54 Å². The predicted molar refractivity (Wildman–Crippen MR) is 92.1 cm³/mol. The lowest BCUT2D eigenvalue weighted by atomic mass is 9.93. The van der Waals surface area contributed by atoms with Crippen LogP contribution in [0.15, 0.2) is 48.7 Å². The minimum atomic E-state index is -0.351. The van der Waals surface area contributed by atoms with Crippen molar-refractivity contribution in [2.24, 2.45) is 0 Å². The van der Waals surface area contributed by atoms with E-state index in [2.05, 4.69) is 41.3 Å². The van der Waals surface area contributed by atoms with Crippen LogP contribution in [-0.2, 0) is 5.54 Å². The van der Waals surface area contributed by atoms with Crippen LogP contribution in [0.1, 0.15) is 19.4 Å². The van der Waals surface area contributed by atoms with E-state index in [4.69, 9.17) is 17.3 Å². The van der Waals surface area contributed by atoms with Crippen LogP contribution in [0, 0.1) is 0 Å². The third-order valence-electron chi connectivity index (χ3n) is 3.65. The standard InChI is InChI=1S/C17H17ClN4/c1-17(2,22-16-13(19)6-8-15(18)21-16)12-5-7-14-11(10-12)4-3-9-20-14/h3-10H,19H2,1-2H3,(H,21,22). The number of pyridine rings is 2. The number of aromatic nitrogens is 2. The Morgan fingerprint density at radius 2 is 1.95 bits per heavy atom. The molecule has 0 fully saturated rings. The normalized spacial score (nSPS) is 11.6. The van der Waals surface area contributed by atoms with Gasteiger partial charge >= 0.3 is 0 Å². The van der Waals surface area contributed by atoms with Crippen molar-refractivity contribution in [2.45, 2.75) is 19.4 Å². The third kappa shape index (κ3) is 2.83. The zero-order valence-corrected chi connectivity index (χ0v) is 13.2. The fourth-order valence-electron chi connectivity index (χ4n) is 2.38. The molecule has 0 atom stereocenters. The molecule has 0 spiro atoms. The van der Waals surface area contributed by atoms with Gasteiger partial charge in [0.1, 0.15) is 5.15 Å². The highest BCUT2D eigenvalue weighted by Crippen LogP contribution is 2.30. The summed E-state index contributed by atoms with van der Waals surface area (Å²) in [5, 5.41) is 4.88. The summed E-state index contributed by atoms with van der Waals surface area (Å²) >= 11 is 5.95. The molecule has 2 heterocycles. The van der Waals surface area contributed by atoms with Crippen molar-refractivity contribution in [3.8, 4) is 0 Å². The van der Waals surface area contributed by atoms with Crippen molar-refractivity contribution < 1.29 is 0 Å². The highest BCUT2D eigenvalue weighted by Gasteiger charge is 2.22. The first kappa shape index (κ1) is 14.6. The zero-order chi connectivity index (χ0) is 15.7. The van der Waals surface area contributed by atoms with Gasteiger partial charge in [-0.3, -0.25) is 4.98 Å². The Hall–Kier alpha value is -2.33. The second kappa shape index (κ2) is 5.46. The summed E-state index contributed by atoms with van der Waals surface area (Å²) in [6, 6.07) is 13.6. The summed E-state index contributed by atoms with van der Waals surface area (Å²) in [6.07, 6.45) is 1.79. The largest absolute Gasteiger partial charge is 0.396 e. The molecule has 2 aromatic heterocycles. The maximum Gasteiger partial charge on any atom is 0.151 e. The van der Waals surface area contributed by atoms with E-state index in [9.17, 15) is 0 Å². The molecule has 5 heteroatoms. The molecule has 3 N–H and O–H groups in total. The molecule has 112 valence electrons. The van der Waals surface area contributed by atoms with Crippen molar-refractivity contribution in [2.75, 3.05) is 11.1 Å². The maximum absolute atomic E-state index is 5.97. The monoisotopic (exact) mass is 312 g/mol. The van der Waals surface area contributed by atoms with Crippen LogP contribution in [0.3, 0.4) is 0 Å². The second-order valence-electron chi connectivity index (χ2n) is 5.73. The highest BCUT2D eigenvalue weighted by atomic mass is 35.5. The Morgan fingerprint density at radius 1 is 1.14 bits per heavy atom. The van der Waals surface area contributed by atoms with Crippen LogP contribution >= 0.6 is 11.6 Å². The van der Waals surface area contributed by atoms with Gasteiger partial charge in [-0.05, 0) is 49.7 Å². The molecule has 0 aliphatic heterocycles. The second-order valence-corrected chi connectivity index (χ2v) is 6.12. The molecule has 3 aromatic rings. The third-order valence-corrected chi connectivity index (χ3v) is 3.86. The van der Waals surface area contributed by atoms with Gasteiger partial charge in [-0.1, -0.05) is 23.7 Å². The molecule has 3 rings (SSSR count). The molecule has 0 unspecified atom stereocenters. The van der Waals surface area contributed by atoms with Crippen LogP contribution < -0.4 is 11.1 Å². The van der Waals surface area contributed by atoms with E-state index in [1.807, 2.05) is 18.2 Å². The van der Waals surface area contributed by atoms with Gasteiger partial charge in [0.25, 0.3) is 0 Å². The first-order chi connectivity index (χ1) is 10.5. The van der Waals surface area contributed by atoms with Crippen molar-refractivity contribution >= 4 is 34.0 Å². The van der Waals surface area contributed by atoms with Crippen molar-refractivity contribution in [1.29, 1.82) is 0 Å². The Balaban J connectivity index is 1.98. The van der Waals surface area contributed by atoms with Crippen LogP contribution in [0.25, 0.3) is 10.9 Å². The van der Waals surface area contributed by atoms with Gasteiger partial charge < -0.3 is 11.1 Å². The summed E-state index contributed by atoms with van der Waals surface area (Å²) < 4.78 is 0. The van der Waals surface area contributed by atoms with Crippen molar-refractivity contribution in [3.63, 3.8) is 0 Å². The number of anilines is 2. The van der Waals surface area contributed by atoms with E-state index in [0.717, 1.165) is 16.5 Å². The number of nitrogens with zero attached hydrogens (tertiary/aromatic N) is 2. The van der Waals surface area contributed by atoms with Gasteiger partial charge in [0, 0.05) is 11.6 Å². The quantitative estimate of drug-likeness (QED) is 0.711. The van der Waals surface area contributed by atoms with Crippen LogP contribution in [0.5, 0.6) is 0 Å². The molecule has 0 aliphatic carbocycles. The fraction of sp³-hybridized carbons (Fsp3) is 0.176. The van der Waals surface area contributed by atoms with Crippen LogP contribution in [0.4, 0.5) is 11.5 Å². The van der Waals surface area contributed by atoms with E-state index >= 15 is 0 Å². The molecule has 0 amide bonds. The lowest BCUT2D eigenvalue weighted by molar-refractivity contribution is 0.607. The molecule has 0 aliphatic rings. The molecule has 0 bridgehead atoms. The van der Waals surface area contributed by atoms with Gasteiger partial charge in [0.05, 0.1) is 16.7 Å². The van der Waals surface area contributed by atoms with Crippen molar-refractivity contribution in [3.05, 3.63) is 59.4 Å². The zero-order valence-electron chi connectivity index (χ0n) is 12.5. The van der Waals surface area contributed by atoms with Crippen LogP contribution in [-0.4, -0.2) is 9.97 Å². The maximum atomic E-state index is 5.97. The summed E-state index contributed by atoms with van der Waals surface area (Å²) in [7, 11) is 0. The average molecular weight is 313 g/mol. The predicted octanol–water partition coefficient (Wildman–Crippen LogP) is 4.21. The van der Waals surface area contributed by atoms with Gasteiger partial charge in [-0.2, -0.15) is 0 Å². The summed E-state index contributed by atoms with van der Waals surface area (Å²) in [4.78, 5) is 8.61. The average Bonchev–Trinajstić information content (AvgIpc) is 2.50. The molecular formula is C17H17ClN4. The van der Waals surface area contributed by atoms with E-state index in [0.29, 0.717) is 16.7 Å². The fourth-order valence-corrected chi connectivity index (χ4v) is 2.53. The highest BCUT2D eigenvalue weighted by molar-refractivity contribution is 6.29. The Morgan fingerprint density at radius 3 is 2.77 bits per heavy atom. The number of fused-ring (bicyclic) bond motifs is 1. The molecule has 0 radical (unpaired) electrons. The lowest BCUT2D eigenvalue weighted by Crippen LogP contribution is -2.29. The Kier molecular flexibility index (Phi) is 3.62. The number of nitrogen functional groups attached to an aromatic ring is 1. The minimum absolute atomic E-state index is 0.351. The Labute approximate surface area is 134 Å². The van der Waals surface area contributed by atoms with Gasteiger partial charge in [-0.15, -0.1) is 0 Å². The molecular weight excluding hydrogens is 296 g/mol. The minimum Gasteiger partial charge on any atom is -0.396 e. The SMILES string of the molecule is CC(C)(Nc1nc(Cl)ccc1N)c1ccc2ncccc2c1. The van der Waals surface area contributed by atoms with Crippen molar-refractivity contribution in [1.82, 2.24) is 9.97 Å². The smallest absolute Gasteiger partial charge is 0.151 e. The number of hydrogen-bond acceptors (Lipinski definition) is 4. The molecule has 0 saturated carbocycles. The number of nitrogens with one attached hydrogen (secondary N) is 1. The van der Waals surface area contributed by atoms with Crippen LogP contribution in [0.2, 0.25) is 5.15 Å². The summed E-state index contributed by atoms with van der Waals surface area (Å²) in [6.45, 7) is 4.15. The van der Waals surface area contributed by atoms with E-state index < -0.39 is 0 Å². The molecule has 0 saturated heterocycles. The lowest BCUT2D eigenvalue weighted by Gasteiger charge is -2.28. The van der Waals surface area contributed by atoms with Gasteiger partial charge in [0.2, 0.25) is 0 Å². The molecule has 4 nitrogen and oxygen atoms in total. The van der Waals surface area contributed by atoms with E-state index in [1.165, 1.54) is 0 Å². The topological polar surface area (TPSA) is 63.8 Å². The first-order valence-corrected chi connectivity index (χ1v) is 7.39. The first-order valence-electron chi connectivity index (χ1n) is 7.01. The number of nitrogens with two attached hydrogens (primary N) is 1. The molecule has 1 aromatic carbocycles. The summed E-state index contributed by atoms with van der Waals surface area (Å²) in [5.41, 5.74) is 8.28. The number of benzene rings is 1. The number of halogens is 1. The van der Waals surface area contributed by atoms with Gasteiger partial charge in [-0.25, -0.2) is 4.98 Å². The summed E-state index contributed by atoms with van der Waals surface area (Å²) in [5.74, 6) is 0.587. The Bertz CT molecular complexity index is 830. The molecule has 22 heavy (non-hydrogen) atoms. The van der Waals surface area contributed by atoms with Gasteiger partial charge in [0.15, 0.2) is 5.82 Å². The van der Waals surface area contributed by atoms with E-state index in [1.54, 1.807) is 18.3 Å².